The number of nitrogens with one attached hydrogen (secondary N) is 1. The van der Waals surface area contributed by atoms with Gasteiger partial charge >= 0.3 is 0 Å². The first-order chi connectivity index (χ1) is 8.97. The number of hydrogen-bond acceptors (Lipinski definition) is 2. The molecule has 0 aliphatic heterocycles. The van der Waals surface area contributed by atoms with Gasteiger partial charge in [0.1, 0.15) is 5.82 Å². The van der Waals surface area contributed by atoms with Crippen molar-refractivity contribution < 1.29 is 9.18 Å². The molecule has 2 nitrogen and oxygen atoms in total. The first kappa shape index (κ1) is 14.4. The van der Waals surface area contributed by atoms with Crippen molar-refractivity contribution in [2.45, 2.75) is 4.90 Å². The zero-order valence-electron chi connectivity index (χ0n) is 9.45. The van der Waals surface area contributed by atoms with Crippen LogP contribution in [0, 0.1) is 5.82 Å². The highest BCUT2D eigenvalue weighted by molar-refractivity contribution is 9.10. The fraction of sp³-hybridized carbons (Fsp3) is 0. The van der Waals surface area contributed by atoms with Crippen LogP contribution in [0.25, 0.3) is 0 Å². The molecule has 0 heterocycles. The predicted octanol–water partition coefficient (Wildman–Crippen LogP) is 4.78. The Labute approximate surface area is 128 Å². The Bertz CT molecular complexity index is 651. The summed E-state index contributed by atoms with van der Waals surface area (Å²) in [5, 5.41) is 3.16. The second kappa shape index (κ2) is 5.94. The molecule has 0 bridgehead atoms. The third-order valence-corrected chi connectivity index (χ3v) is 3.96. The maximum Gasteiger partial charge on any atom is 0.255 e. The molecule has 0 spiro atoms. The van der Waals surface area contributed by atoms with E-state index in [4.69, 9.17) is 11.6 Å². The molecule has 0 unspecified atom stereocenters. The minimum absolute atomic E-state index is 0.126. The lowest BCUT2D eigenvalue weighted by Gasteiger charge is -2.07. The Morgan fingerprint density at radius 1 is 1.26 bits per heavy atom. The molecule has 0 aliphatic carbocycles. The molecule has 2 aromatic carbocycles. The van der Waals surface area contributed by atoms with Gasteiger partial charge < -0.3 is 5.32 Å². The first-order valence-electron chi connectivity index (χ1n) is 5.22. The number of carbonyl (C=O) groups excluding carboxylic acids is 1. The van der Waals surface area contributed by atoms with Gasteiger partial charge in [-0.2, -0.15) is 0 Å². The van der Waals surface area contributed by atoms with Gasteiger partial charge in [-0.1, -0.05) is 11.6 Å². The van der Waals surface area contributed by atoms with Crippen LogP contribution in [0.1, 0.15) is 10.4 Å². The molecule has 98 valence electrons. The van der Waals surface area contributed by atoms with E-state index < -0.39 is 5.82 Å². The van der Waals surface area contributed by atoms with Crippen molar-refractivity contribution in [2.75, 3.05) is 5.32 Å². The second-order valence-corrected chi connectivity index (χ2v) is 5.49. The average Bonchev–Trinajstić information content (AvgIpc) is 2.37. The quantitative estimate of drug-likeness (QED) is 0.741. The number of benzene rings is 2. The SMILES string of the molecule is O=C(Nc1ccc(Br)c(Cl)c1)c1ccc(F)c(S)c1. The van der Waals surface area contributed by atoms with Crippen molar-refractivity contribution in [3.8, 4) is 0 Å². The third-order valence-electron chi connectivity index (χ3n) is 2.39. The van der Waals surface area contributed by atoms with Crippen LogP contribution in [0.2, 0.25) is 5.02 Å². The van der Waals surface area contributed by atoms with Crippen molar-refractivity contribution in [3.63, 3.8) is 0 Å². The Morgan fingerprint density at radius 2 is 2.00 bits per heavy atom. The van der Waals surface area contributed by atoms with Crippen LogP contribution >= 0.6 is 40.2 Å². The molecular formula is C13H8BrClFNOS. The predicted molar refractivity (Wildman–Crippen MR) is 80.8 cm³/mol. The first-order valence-corrected chi connectivity index (χ1v) is 6.84. The van der Waals surface area contributed by atoms with E-state index in [-0.39, 0.29) is 10.8 Å². The Morgan fingerprint density at radius 3 is 2.63 bits per heavy atom. The Balaban J connectivity index is 2.20. The molecule has 0 aliphatic rings. The van der Waals surface area contributed by atoms with E-state index in [1.807, 2.05) is 0 Å². The molecular weight excluding hydrogens is 353 g/mol. The van der Waals surface area contributed by atoms with Gasteiger partial charge in [-0.15, -0.1) is 12.6 Å². The molecule has 19 heavy (non-hydrogen) atoms. The molecule has 2 rings (SSSR count). The summed E-state index contributed by atoms with van der Waals surface area (Å²) >= 11 is 13.1. The number of thiol groups is 1. The molecule has 0 radical (unpaired) electrons. The van der Waals surface area contributed by atoms with Crippen LogP contribution in [-0.4, -0.2) is 5.91 Å². The van der Waals surface area contributed by atoms with Crippen LogP contribution in [0.5, 0.6) is 0 Å². The summed E-state index contributed by atoms with van der Waals surface area (Å²) in [6.45, 7) is 0. The summed E-state index contributed by atoms with van der Waals surface area (Å²) < 4.78 is 13.8. The smallest absolute Gasteiger partial charge is 0.255 e. The van der Waals surface area contributed by atoms with E-state index in [2.05, 4.69) is 33.9 Å². The average molecular weight is 361 g/mol. The van der Waals surface area contributed by atoms with Gasteiger partial charge in [-0.3, -0.25) is 4.79 Å². The van der Waals surface area contributed by atoms with Gasteiger partial charge in [0, 0.05) is 20.6 Å². The van der Waals surface area contributed by atoms with Crippen molar-refractivity contribution in [3.05, 3.63) is 57.3 Å². The van der Waals surface area contributed by atoms with Crippen molar-refractivity contribution in [1.29, 1.82) is 0 Å². The highest BCUT2D eigenvalue weighted by atomic mass is 79.9. The molecule has 2 aromatic rings. The third kappa shape index (κ3) is 3.49. The number of amides is 1. The summed E-state index contributed by atoms with van der Waals surface area (Å²) in [6, 6.07) is 9.02. The van der Waals surface area contributed by atoms with E-state index in [1.54, 1.807) is 18.2 Å². The molecule has 0 atom stereocenters. The minimum Gasteiger partial charge on any atom is -0.322 e. The van der Waals surface area contributed by atoms with Gasteiger partial charge in [-0.05, 0) is 52.3 Å². The summed E-state index contributed by atoms with van der Waals surface area (Å²) in [5.41, 5.74) is 0.883. The molecule has 0 saturated carbocycles. The normalized spacial score (nSPS) is 10.3. The molecule has 0 saturated heterocycles. The van der Waals surface area contributed by atoms with Gasteiger partial charge in [-0.25, -0.2) is 4.39 Å². The molecule has 1 amide bonds. The Hall–Kier alpha value is -1.04. The van der Waals surface area contributed by atoms with Crippen molar-refractivity contribution >= 4 is 51.8 Å². The lowest BCUT2D eigenvalue weighted by molar-refractivity contribution is 0.102. The molecule has 1 N–H and O–H groups in total. The van der Waals surface area contributed by atoms with Crippen LogP contribution in [0.15, 0.2) is 45.8 Å². The van der Waals surface area contributed by atoms with Gasteiger partial charge in [0.15, 0.2) is 0 Å². The molecule has 0 aromatic heterocycles. The van der Waals surface area contributed by atoms with Gasteiger partial charge in [0.2, 0.25) is 0 Å². The highest BCUT2D eigenvalue weighted by Crippen LogP contribution is 2.26. The maximum absolute atomic E-state index is 13.1. The standard InChI is InChI=1S/C13H8BrClFNOS/c14-9-3-2-8(6-10(9)15)17-13(18)7-1-4-11(16)12(19)5-7/h1-6,19H,(H,17,18). The van der Waals surface area contributed by atoms with Crippen LogP contribution in [-0.2, 0) is 0 Å². The Kier molecular flexibility index (Phi) is 4.50. The highest BCUT2D eigenvalue weighted by Gasteiger charge is 2.09. The number of carbonyl (C=O) groups is 1. The van der Waals surface area contributed by atoms with E-state index in [1.165, 1.54) is 18.2 Å². The summed E-state index contributed by atoms with van der Waals surface area (Å²) in [7, 11) is 0. The number of hydrogen-bond donors (Lipinski definition) is 2. The molecule has 0 fully saturated rings. The van der Waals surface area contributed by atoms with Crippen LogP contribution in [0.3, 0.4) is 0 Å². The van der Waals surface area contributed by atoms with E-state index >= 15 is 0 Å². The zero-order chi connectivity index (χ0) is 14.0. The second-order valence-electron chi connectivity index (χ2n) is 3.75. The summed E-state index contributed by atoms with van der Waals surface area (Å²) in [5.74, 6) is -0.819. The summed E-state index contributed by atoms with van der Waals surface area (Å²) in [6.07, 6.45) is 0. The monoisotopic (exact) mass is 359 g/mol. The topological polar surface area (TPSA) is 29.1 Å². The van der Waals surface area contributed by atoms with E-state index in [0.717, 1.165) is 4.47 Å². The largest absolute Gasteiger partial charge is 0.322 e. The van der Waals surface area contributed by atoms with Crippen molar-refractivity contribution in [1.82, 2.24) is 0 Å². The molecule has 6 heteroatoms. The lowest BCUT2D eigenvalue weighted by Crippen LogP contribution is -2.12. The number of halogens is 3. The van der Waals surface area contributed by atoms with Crippen LogP contribution in [0.4, 0.5) is 10.1 Å². The minimum atomic E-state index is -0.466. The number of rotatable bonds is 2. The lowest BCUT2D eigenvalue weighted by atomic mass is 10.2. The number of anilines is 1. The fourth-order valence-corrected chi connectivity index (χ4v) is 2.07. The van der Waals surface area contributed by atoms with Gasteiger partial charge in [0.05, 0.1) is 5.02 Å². The van der Waals surface area contributed by atoms with Crippen LogP contribution < -0.4 is 5.32 Å². The summed E-state index contributed by atoms with van der Waals surface area (Å²) in [4.78, 5) is 12.1. The van der Waals surface area contributed by atoms with E-state index in [0.29, 0.717) is 16.3 Å². The van der Waals surface area contributed by atoms with E-state index in [9.17, 15) is 9.18 Å². The van der Waals surface area contributed by atoms with Gasteiger partial charge in [0.25, 0.3) is 5.91 Å². The van der Waals surface area contributed by atoms with Crippen molar-refractivity contribution in [2.24, 2.45) is 0 Å². The zero-order valence-corrected chi connectivity index (χ0v) is 12.7. The maximum atomic E-state index is 13.1. The fourth-order valence-electron chi connectivity index (χ4n) is 1.43.